The van der Waals surface area contributed by atoms with Crippen LogP contribution < -0.4 is 0 Å². The Morgan fingerprint density at radius 2 is 2.35 bits per heavy atom. The van der Waals surface area contributed by atoms with Crippen LogP contribution in [0.3, 0.4) is 0 Å². The predicted molar refractivity (Wildman–Crippen MR) is 62.5 cm³/mol. The smallest absolute Gasteiger partial charge is 0.358 e. The minimum absolute atomic E-state index is 0.0366. The molecule has 1 rings (SSSR count). The molecule has 0 fully saturated rings. The molecule has 0 unspecified atom stereocenters. The molecule has 1 aromatic heterocycles. The molecule has 0 aliphatic heterocycles. The molecule has 92 valence electrons. The van der Waals surface area contributed by atoms with E-state index in [4.69, 9.17) is 16.9 Å². The SMILES string of the molecule is CC(C)(C#N)CCCn1cc(Cl)c([N+](=O)[O-])n1. The third-order valence-electron chi connectivity index (χ3n) is 2.36. The largest absolute Gasteiger partial charge is 0.408 e. The molecule has 0 aromatic carbocycles. The van der Waals surface area contributed by atoms with Crippen LogP contribution in [0.2, 0.25) is 5.02 Å². The highest BCUT2D eigenvalue weighted by molar-refractivity contribution is 6.32. The Bertz CT molecular complexity index is 461. The highest BCUT2D eigenvalue weighted by Gasteiger charge is 2.20. The second-order valence-corrected chi connectivity index (χ2v) is 4.83. The van der Waals surface area contributed by atoms with Gasteiger partial charge in [-0.3, -0.25) is 0 Å². The van der Waals surface area contributed by atoms with Gasteiger partial charge in [-0.25, -0.2) is 0 Å². The van der Waals surface area contributed by atoms with Gasteiger partial charge in [0.1, 0.15) is 0 Å². The Morgan fingerprint density at radius 3 is 2.82 bits per heavy atom. The number of hydrogen-bond acceptors (Lipinski definition) is 4. The monoisotopic (exact) mass is 256 g/mol. The van der Waals surface area contributed by atoms with Crippen molar-refractivity contribution in [2.45, 2.75) is 33.2 Å². The van der Waals surface area contributed by atoms with E-state index in [0.29, 0.717) is 13.0 Å². The van der Waals surface area contributed by atoms with Gasteiger partial charge in [-0.05, 0) is 31.6 Å². The Labute approximate surface area is 104 Å². The second kappa shape index (κ2) is 5.15. The Hall–Kier alpha value is -1.61. The van der Waals surface area contributed by atoms with E-state index in [1.165, 1.54) is 10.9 Å². The molecule has 7 heteroatoms. The minimum Gasteiger partial charge on any atom is -0.358 e. The van der Waals surface area contributed by atoms with Gasteiger partial charge in [0.15, 0.2) is 5.02 Å². The van der Waals surface area contributed by atoms with Crippen molar-refractivity contribution in [3.05, 3.63) is 21.3 Å². The van der Waals surface area contributed by atoms with E-state index < -0.39 is 4.92 Å². The Balaban J connectivity index is 2.57. The zero-order chi connectivity index (χ0) is 13.1. The summed E-state index contributed by atoms with van der Waals surface area (Å²) >= 11 is 5.66. The maximum absolute atomic E-state index is 10.5. The number of nitro groups is 1. The number of aromatic nitrogens is 2. The number of rotatable bonds is 5. The summed E-state index contributed by atoms with van der Waals surface area (Å²) in [7, 11) is 0. The first-order valence-corrected chi connectivity index (χ1v) is 5.52. The third-order valence-corrected chi connectivity index (χ3v) is 2.63. The quantitative estimate of drug-likeness (QED) is 0.599. The molecule has 0 aliphatic carbocycles. The molecule has 0 radical (unpaired) electrons. The van der Waals surface area contributed by atoms with E-state index in [0.717, 1.165) is 6.42 Å². The van der Waals surface area contributed by atoms with Gasteiger partial charge in [-0.1, -0.05) is 11.6 Å². The van der Waals surface area contributed by atoms with Gasteiger partial charge in [-0.2, -0.15) is 9.94 Å². The normalized spacial score (nSPS) is 11.2. The fourth-order valence-corrected chi connectivity index (χ4v) is 1.58. The molecule has 0 aliphatic rings. The molecular formula is C10H13ClN4O2. The maximum atomic E-state index is 10.5. The Kier molecular flexibility index (Phi) is 4.07. The van der Waals surface area contributed by atoms with Gasteiger partial charge in [0.05, 0.1) is 29.3 Å². The van der Waals surface area contributed by atoms with Crippen LogP contribution in [0, 0.1) is 26.9 Å². The van der Waals surface area contributed by atoms with Gasteiger partial charge in [0.25, 0.3) is 0 Å². The average Bonchev–Trinajstić information content (AvgIpc) is 2.59. The van der Waals surface area contributed by atoms with Crippen LogP contribution in [0.5, 0.6) is 0 Å². The predicted octanol–water partition coefficient (Wildman–Crippen LogP) is 2.77. The van der Waals surface area contributed by atoms with Crippen molar-refractivity contribution in [1.82, 2.24) is 9.78 Å². The lowest BCUT2D eigenvalue weighted by Gasteiger charge is -2.13. The van der Waals surface area contributed by atoms with Crippen LogP contribution in [0.15, 0.2) is 6.20 Å². The van der Waals surface area contributed by atoms with Gasteiger partial charge in [-0.15, -0.1) is 0 Å². The van der Waals surface area contributed by atoms with Crippen molar-refractivity contribution in [2.75, 3.05) is 0 Å². The topological polar surface area (TPSA) is 84.8 Å². The van der Waals surface area contributed by atoms with Crippen LogP contribution >= 0.6 is 11.6 Å². The fourth-order valence-electron chi connectivity index (χ4n) is 1.36. The summed E-state index contributed by atoms with van der Waals surface area (Å²) in [5, 5.41) is 23.1. The van der Waals surface area contributed by atoms with Crippen LogP contribution in [0.4, 0.5) is 5.82 Å². The minimum atomic E-state index is -0.613. The number of halogens is 1. The molecular weight excluding hydrogens is 244 g/mol. The maximum Gasteiger partial charge on any atom is 0.408 e. The van der Waals surface area contributed by atoms with E-state index in [-0.39, 0.29) is 16.3 Å². The lowest BCUT2D eigenvalue weighted by molar-refractivity contribution is -0.389. The summed E-state index contributed by atoms with van der Waals surface area (Å²) in [4.78, 5) is 9.90. The summed E-state index contributed by atoms with van der Waals surface area (Å²) in [6.45, 7) is 4.22. The number of aryl methyl sites for hydroxylation is 1. The van der Waals surface area contributed by atoms with E-state index in [1.54, 1.807) is 0 Å². The molecule has 0 bridgehead atoms. The van der Waals surface area contributed by atoms with Crippen molar-refractivity contribution in [3.8, 4) is 6.07 Å². The highest BCUT2D eigenvalue weighted by Crippen LogP contribution is 2.23. The third kappa shape index (κ3) is 3.71. The molecule has 0 spiro atoms. The molecule has 0 saturated carbocycles. The first-order chi connectivity index (χ1) is 7.85. The van der Waals surface area contributed by atoms with Crippen LogP contribution in [-0.2, 0) is 6.54 Å². The lowest BCUT2D eigenvalue weighted by atomic mass is 9.90. The molecule has 0 N–H and O–H groups in total. The first-order valence-electron chi connectivity index (χ1n) is 5.14. The summed E-state index contributed by atoms with van der Waals surface area (Å²) in [5.41, 5.74) is -0.386. The van der Waals surface area contributed by atoms with Crippen molar-refractivity contribution in [3.63, 3.8) is 0 Å². The summed E-state index contributed by atoms with van der Waals surface area (Å²) in [6.07, 6.45) is 2.85. The van der Waals surface area contributed by atoms with E-state index in [9.17, 15) is 10.1 Å². The van der Waals surface area contributed by atoms with Crippen molar-refractivity contribution >= 4 is 17.4 Å². The summed E-state index contributed by atoms with van der Waals surface area (Å²) < 4.78 is 1.44. The van der Waals surface area contributed by atoms with Gasteiger partial charge >= 0.3 is 5.82 Å². The average molecular weight is 257 g/mol. The molecule has 1 heterocycles. The lowest BCUT2D eigenvalue weighted by Crippen LogP contribution is -2.10. The standard InChI is InChI=1S/C10H13ClN4O2/c1-10(2,7-12)4-3-5-14-6-8(11)9(13-14)15(16)17/h6H,3-5H2,1-2H3. The van der Waals surface area contributed by atoms with Gasteiger partial charge < -0.3 is 10.1 Å². The zero-order valence-electron chi connectivity index (χ0n) is 9.68. The van der Waals surface area contributed by atoms with E-state index in [1.807, 2.05) is 13.8 Å². The zero-order valence-corrected chi connectivity index (χ0v) is 10.4. The molecule has 1 aromatic rings. The van der Waals surface area contributed by atoms with Gasteiger partial charge in [0.2, 0.25) is 0 Å². The van der Waals surface area contributed by atoms with Crippen LogP contribution in [0.1, 0.15) is 26.7 Å². The molecule has 0 saturated heterocycles. The Morgan fingerprint density at radius 1 is 1.71 bits per heavy atom. The second-order valence-electron chi connectivity index (χ2n) is 4.42. The van der Waals surface area contributed by atoms with Crippen LogP contribution in [0.25, 0.3) is 0 Å². The van der Waals surface area contributed by atoms with E-state index >= 15 is 0 Å². The first kappa shape index (κ1) is 13.5. The molecule has 0 amide bonds. The number of nitrogens with zero attached hydrogens (tertiary/aromatic N) is 4. The highest BCUT2D eigenvalue weighted by atomic mass is 35.5. The van der Waals surface area contributed by atoms with Crippen LogP contribution in [-0.4, -0.2) is 14.7 Å². The number of hydrogen-bond donors (Lipinski definition) is 0. The fraction of sp³-hybridized carbons (Fsp3) is 0.600. The molecule has 6 nitrogen and oxygen atoms in total. The van der Waals surface area contributed by atoms with E-state index in [2.05, 4.69) is 11.2 Å². The van der Waals surface area contributed by atoms with Crippen molar-refractivity contribution < 1.29 is 4.92 Å². The molecule has 17 heavy (non-hydrogen) atoms. The summed E-state index contributed by atoms with van der Waals surface area (Å²) in [6, 6.07) is 2.20. The number of nitriles is 1. The van der Waals surface area contributed by atoms with Crippen molar-refractivity contribution in [1.29, 1.82) is 5.26 Å². The van der Waals surface area contributed by atoms with Gasteiger partial charge in [0, 0.05) is 0 Å². The molecule has 0 atom stereocenters. The van der Waals surface area contributed by atoms with Crippen molar-refractivity contribution in [2.24, 2.45) is 5.41 Å². The summed E-state index contributed by atoms with van der Waals surface area (Å²) in [5.74, 6) is -0.328.